The van der Waals surface area contributed by atoms with E-state index in [0.29, 0.717) is 5.78 Å². The van der Waals surface area contributed by atoms with E-state index in [9.17, 15) is 28.0 Å². The molecule has 0 spiro atoms. The second-order valence-corrected chi connectivity index (χ2v) is 8.64. The minimum absolute atomic E-state index is 0.00865. The number of hydrogen-bond donors (Lipinski definition) is 4. The summed E-state index contributed by atoms with van der Waals surface area (Å²) in [4.78, 5) is 57.3. The SMILES string of the molecule is COC(=O)NC[C@H]1CN(c2cc(F)c(NCCNC(=O)[C@@H](C)NC(=O)c3cn4cccnc4n3)c(F)c2)C(=O)O1. The first-order valence-electron chi connectivity index (χ1n) is 12.1. The molecule has 3 heterocycles. The number of carbonyl (C=O) groups is 4. The number of ether oxygens (including phenoxy) is 2. The first-order valence-corrected chi connectivity index (χ1v) is 12.1. The van der Waals surface area contributed by atoms with E-state index in [-0.39, 0.29) is 37.6 Å². The molecule has 2 atom stereocenters. The first kappa shape index (κ1) is 28.0. The number of methoxy groups -OCH3 is 1. The van der Waals surface area contributed by atoms with Gasteiger partial charge in [-0.05, 0) is 13.0 Å². The Hall–Kier alpha value is -5.02. The molecular formula is C24H26F2N8O6. The van der Waals surface area contributed by atoms with Gasteiger partial charge in [0.15, 0.2) is 11.6 Å². The number of imidazole rings is 1. The lowest BCUT2D eigenvalue weighted by Crippen LogP contribution is -2.46. The molecule has 1 aliphatic heterocycles. The van der Waals surface area contributed by atoms with E-state index >= 15 is 0 Å². The normalized spacial score (nSPS) is 15.3. The molecule has 0 radical (unpaired) electrons. The first-order chi connectivity index (χ1) is 19.2. The van der Waals surface area contributed by atoms with E-state index in [1.54, 1.807) is 16.7 Å². The van der Waals surface area contributed by atoms with Crippen molar-refractivity contribution in [1.82, 2.24) is 30.3 Å². The maximum atomic E-state index is 14.7. The van der Waals surface area contributed by atoms with Gasteiger partial charge in [0.2, 0.25) is 11.7 Å². The zero-order valence-electron chi connectivity index (χ0n) is 21.4. The van der Waals surface area contributed by atoms with Crippen LogP contribution in [0.4, 0.5) is 29.7 Å². The fourth-order valence-corrected chi connectivity index (χ4v) is 3.79. The number of hydrogen-bond acceptors (Lipinski definition) is 9. The van der Waals surface area contributed by atoms with Crippen molar-refractivity contribution in [2.75, 3.05) is 43.5 Å². The number of benzene rings is 1. The van der Waals surface area contributed by atoms with Crippen molar-refractivity contribution >= 4 is 41.2 Å². The Balaban J connectivity index is 1.24. The molecule has 1 aliphatic rings. The van der Waals surface area contributed by atoms with Gasteiger partial charge in [-0.15, -0.1) is 0 Å². The summed E-state index contributed by atoms with van der Waals surface area (Å²) in [6.45, 7) is 1.36. The van der Waals surface area contributed by atoms with Crippen LogP contribution in [0.3, 0.4) is 0 Å². The van der Waals surface area contributed by atoms with E-state index in [1.807, 2.05) is 0 Å². The summed E-state index contributed by atoms with van der Waals surface area (Å²) in [6.07, 6.45) is 2.43. The molecule has 1 saturated heterocycles. The Morgan fingerprint density at radius 3 is 2.65 bits per heavy atom. The number of anilines is 2. The Labute approximate surface area is 226 Å². The summed E-state index contributed by atoms with van der Waals surface area (Å²) >= 11 is 0. The van der Waals surface area contributed by atoms with E-state index in [0.717, 1.165) is 17.0 Å². The number of carbonyl (C=O) groups excluding carboxylic acids is 4. The summed E-state index contributed by atoms with van der Waals surface area (Å²) in [5.41, 5.74) is -0.424. The largest absolute Gasteiger partial charge is 0.453 e. The highest BCUT2D eigenvalue weighted by atomic mass is 19.1. The van der Waals surface area contributed by atoms with E-state index in [1.165, 1.54) is 26.4 Å². The molecule has 212 valence electrons. The average molecular weight is 561 g/mol. The molecule has 0 aliphatic carbocycles. The zero-order valence-corrected chi connectivity index (χ0v) is 21.4. The zero-order chi connectivity index (χ0) is 28.8. The van der Waals surface area contributed by atoms with E-state index < -0.39 is 53.5 Å². The van der Waals surface area contributed by atoms with Crippen molar-refractivity contribution in [3.8, 4) is 0 Å². The van der Waals surface area contributed by atoms with Crippen LogP contribution in [0.1, 0.15) is 17.4 Å². The second-order valence-electron chi connectivity index (χ2n) is 8.64. The van der Waals surface area contributed by atoms with Crippen LogP contribution in [-0.4, -0.2) is 83.8 Å². The highest BCUT2D eigenvalue weighted by molar-refractivity contribution is 5.96. The molecule has 2 aromatic heterocycles. The monoisotopic (exact) mass is 560 g/mol. The quantitative estimate of drug-likeness (QED) is 0.265. The lowest BCUT2D eigenvalue weighted by Gasteiger charge is -2.17. The molecule has 0 bridgehead atoms. The van der Waals surface area contributed by atoms with Gasteiger partial charge in [0.25, 0.3) is 5.91 Å². The summed E-state index contributed by atoms with van der Waals surface area (Å²) in [5, 5.41) is 10.0. The van der Waals surface area contributed by atoms with Gasteiger partial charge in [-0.1, -0.05) is 0 Å². The number of fused-ring (bicyclic) bond motifs is 1. The maximum absolute atomic E-state index is 14.7. The standard InChI is InChI=1S/C24H26F2N8O6/c1-13(31-21(36)18-12-33-7-3-4-29-22(33)32-18)20(35)28-6-5-27-19-16(25)8-14(9-17(19)26)34-11-15(40-24(34)38)10-30-23(37)39-2/h3-4,7-9,12-13,15,27H,5-6,10-11H2,1-2H3,(H,28,35)(H,30,37)(H,31,36)/t13-,15+/m1/s1. The molecule has 4 N–H and O–H groups in total. The molecule has 4 rings (SSSR count). The molecule has 14 nitrogen and oxygen atoms in total. The lowest BCUT2D eigenvalue weighted by atomic mass is 10.2. The van der Waals surface area contributed by atoms with Crippen LogP contribution in [0.25, 0.3) is 5.78 Å². The third-order valence-corrected chi connectivity index (χ3v) is 5.81. The summed E-state index contributed by atoms with van der Waals surface area (Å²) < 4.78 is 40.5. The van der Waals surface area contributed by atoms with Crippen molar-refractivity contribution in [3.05, 3.63) is 54.1 Å². The van der Waals surface area contributed by atoms with E-state index in [2.05, 4.69) is 36.0 Å². The number of alkyl carbamates (subject to hydrolysis) is 1. The van der Waals surface area contributed by atoms with E-state index in [4.69, 9.17) is 4.74 Å². The van der Waals surface area contributed by atoms with Crippen molar-refractivity contribution in [2.45, 2.75) is 19.1 Å². The van der Waals surface area contributed by atoms with Crippen molar-refractivity contribution in [2.24, 2.45) is 0 Å². The molecule has 1 aromatic carbocycles. The smallest absolute Gasteiger partial charge is 0.414 e. The Bertz CT molecular complexity index is 1380. The van der Waals surface area contributed by atoms with Gasteiger partial charge in [0.05, 0.1) is 25.9 Å². The molecule has 40 heavy (non-hydrogen) atoms. The fraction of sp³-hybridized carbons (Fsp3) is 0.333. The molecular weight excluding hydrogens is 534 g/mol. The van der Waals surface area contributed by atoms with Crippen LogP contribution in [-0.2, 0) is 14.3 Å². The van der Waals surface area contributed by atoms with Gasteiger partial charge in [-0.25, -0.2) is 28.3 Å². The van der Waals surface area contributed by atoms with Crippen LogP contribution in [0, 0.1) is 11.6 Å². The fourth-order valence-electron chi connectivity index (χ4n) is 3.79. The molecule has 16 heteroatoms. The van der Waals surface area contributed by atoms with Crippen LogP contribution in [0.15, 0.2) is 36.8 Å². The Morgan fingerprint density at radius 1 is 1.20 bits per heavy atom. The highest BCUT2D eigenvalue weighted by Crippen LogP contribution is 2.28. The summed E-state index contributed by atoms with van der Waals surface area (Å²) in [7, 11) is 1.18. The van der Waals surface area contributed by atoms with Gasteiger partial charge in [0.1, 0.15) is 23.5 Å². The van der Waals surface area contributed by atoms with Crippen molar-refractivity contribution in [1.29, 1.82) is 0 Å². The van der Waals surface area contributed by atoms with Gasteiger partial charge in [-0.2, -0.15) is 0 Å². The van der Waals surface area contributed by atoms with Crippen LogP contribution in [0.5, 0.6) is 0 Å². The predicted molar refractivity (Wildman–Crippen MR) is 136 cm³/mol. The highest BCUT2D eigenvalue weighted by Gasteiger charge is 2.33. The second kappa shape index (κ2) is 12.2. The van der Waals surface area contributed by atoms with Crippen LogP contribution >= 0.6 is 0 Å². The van der Waals surface area contributed by atoms with Crippen LogP contribution in [0.2, 0.25) is 0 Å². The topological polar surface area (TPSA) is 168 Å². The molecule has 0 unspecified atom stereocenters. The molecule has 3 aromatic rings. The minimum atomic E-state index is -0.965. The van der Waals surface area contributed by atoms with Gasteiger partial charge in [0, 0.05) is 43.8 Å². The maximum Gasteiger partial charge on any atom is 0.414 e. The molecule has 4 amide bonds. The minimum Gasteiger partial charge on any atom is -0.453 e. The lowest BCUT2D eigenvalue weighted by molar-refractivity contribution is -0.122. The van der Waals surface area contributed by atoms with Crippen molar-refractivity contribution in [3.63, 3.8) is 0 Å². The number of nitrogens with one attached hydrogen (secondary N) is 4. The van der Waals surface area contributed by atoms with Gasteiger partial charge in [-0.3, -0.25) is 18.9 Å². The third kappa shape index (κ3) is 6.51. The number of halogens is 2. The van der Waals surface area contributed by atoms with Crippen molar-refractivity contribution < 1.29 is 37.4 Å². The number of rotatable bonds is 10. The predicted octanol–water partition coefficient (Wildman–Crippen LogP) is 1.04. The molecule has 1 fully saturated rings. The third-order valence-electron chi connectivity index (χ3n) is 5.81. The number of aromatic nitrogens is 3. The number of amides is 4. The Morgan fingerprint density at radius 2 is 1.95 bits per heavy atom. The summed E-state index contributed by atoms with van der Waals surface area (Å²) in [5.74, 6) is -2.68. The molecule has 0 saturated carbocycles. The average Bonchev–Trinajstić information content (AvgIpc) is 3.54. The number of cyclic esters (lactones) is 1. The van der Waals surface area contributed by atoms with Crippen LogP contribution < -0.4 is 26.2 Å². The van der Waals surface area contributed by atoms with Gasteiger partial charge >= 0.3 is 12.2 Å². The summed E-state index contributed by atoms with van der Waals surface area (Å²) in [6, 6.07) is 2.70. The Kier molecular flexibility index (Phi) is 8.56. The number of nitrogens with zero attached hydrogens (tertiary/aromatic N) is 4. The van der Waals surface area contributed by atoms with Gasteiger partial charge < -0.3 is 30.7 Å².